The Hall–Kier alpha value is -2.62. The van der Waals surface area contributed by atoms with E-state index in [9.17, 15) is 10.2 Å². The van der Waals surface area contributed by atoms with Crippen molar-refractivity contribution >= 4 is 12.4 Å². The molecule has 2 aromatic carbocycles. The topological polar surface area (TPSA) is 65.2 Å². The van der Waals surface area contributed by atoms with Crippen molar-refractivity contribution in [3.8, 4) is 11.5 Å². The first-order valence-corrected chi connectivity index (χ1v) is 7.15. The van der Waals surface area contributed by atoms with Crippen molar-refractivity contribution in [1.29, 1.82) is 0 Å². The van der Waals surface area contributed by atoms with Crippen molar-refractivity contribution in [2.24, 2.45) is 9.98 Å². The summed E-state index contributed by atoms with van der Waals surface area (Å²) in [5.74, 6) is 0.466. The molecule has 2 N–H and O–H groups in total. The van der Waals surface area contributed by atoms with Crippen LogP contribution < -0.4 is 0 Å². The molecule has 0 radical (unpaired) electrons. The molecule has 0 amide bonds. The molecule has 0 atom stereocenters. The minimum absolute atomic E-state index is 0.233. The molecule has 22 heavy (non-hydrogen) atoms. The third-order valence-electron chi connectivity index (χ3n) is 3.19. The minimum Gasteiger partial charge on any atom is -0.507 e. The van der Waals surface area contributed by atoms with Gasteiger partial charge in [0.2, 0.25) is 0 Å². The molecule has 0 fully saturated rings. The number of aromatic hydroxyl groups is 2. The molecule has 0 spiro atoms. The second-order valence-electron chi connectivity index (χ2n) is 5.20. The highest BCUT2D eigenvalue weighted by atomic mass is 16.3. The van der Waals surface area contributed by atoms with E-state index in [0.717, 1.165) is 11.1 Å². The van der Waals surface area contributed by atoms with Crippen LogP contribution in [-0.4, -0.2) is 35.7 Å². The average Bonchev–Trinajstić information content (AvgIpc) is 2.46. The molecule has 0 saturated heterocycles. The van der Waals surface area contributed by atoms with E-state index in [4.69, 9.17) is 0 Å². The molecule has 0 aliphatic carbocycles. The van der Waals surface area contributed by atoms with Gasteiger partial charge in [0, 0.05) is 23.6 Å². The van der Waals surface area contributed by atoms with E-state index in [1.54, 1.807) is 24.6 Å². The molecule has 0 aromatic heterocycles. The number of phenolic OH excluding ortho intramolecular Hbond substituents is 2. The first-order chi connectivity index (χ1) is 10.6. The second kappa shape index (κ2) is 7.41. The van der Waals surface area contributed by atoms with Gasteiger partial charge >= 0.3 is 0 Å². The molecule has 4 heteroatoms. The van der Waals surface area contributed by atoms with E-state index >= 15 is 0 Å². The third-order valence-corrected chi connectivity index (χ3v) is 3.19. The molecule has 0 heterocycles. The van der Waals surface area contributed by atoms with Gasteiger partial charge in [0.15, 0.2) is 0 Å². The van der Waals surface area contributed by atoms with E-state index < -0.39 is 0 Å². The molecule has 0 bridgehead atoms. The van der Waals surface area contributed by atoms with Gasteiger partial charge in [-0.2, -0.15) is 0 Å². The van der Waals surface area contributed by atoms with Gasteiger partial charge in [0.25, 0.3) is 0 Å². The predicted molar refractivity (Wildman–Crippen MR) is 90.6 cm³/mol. The molecular formula is C18H20N2O2. The van der Waals surface area contributed by atoms with Crippen molar-refractivity contribution in [2.75, 3.05) is 13.1 Å². The zero-order valence-corrected chi connectivity index (χ0v) is 12.8. The summed E-state index contributed by atoms with van der Waals surface area (Å²) in [7, 11) is 0. The van der Waals surface area contributed by atoms with Crippen LogP contribution in [0.4, 0.5) is 0 Å². The van der Waals surface area contributed by atoms with Crippen molar-refractivity contribution in [2.45, 2.75) is 13.8 Å². The Balaban J connectivity index is 1.86. The number of hydrogen-bond acceptors (Lipinski definition) is 4. The Kier molecular flexibility index (Phi) is 5.31. The van der Waals surface area contributed by atoms with Gasteiger partial charge in [-0.05, 0) is 49.2 Å². The highest BCUT2D eigenvalue weighted by molar-refractivity contribution is 5.84. The standard InChI is InChI=1S/C18H20N2O2/c1-13-3-5-15(17(21)9-13)11-19-7-8-20-12-16-6-4-14(2)10-18(16)22/h3-6,9-12,21-22H,7-8H2,1-2H3. The van der Waals surface area contributed by atoms with Gasteiger partial charge in [-0.1, -0.05) is 12.1 Å². The van der Waals surface area contributed by atoms with Gasteiger partial charge in [-0.15, -0.1) is 0 Å². The summed E-state index contributed by atoms with van der Waals surface area (Å²) in [5, 5.41) is 19.5. The van der Waals surface area contributed by atoms with Crippen LogP contribution in [0.15, 0.2) is 46.4 Å². The maximum Gasteiger partial charge on any atom is 0.124 e. The minimum atomic E-state index is 0.233. The van der Waals surface area contributed by atoms with E-state index in [2.05, 4.69) is 9.98 Å². The van der Waals surface area contributed by atoms with Gasteiger partial charge in [-0.3, -0.25) is 9.98 Å². The summed E-state index contributed by atoms with van der Waals surface area (Å²) in [5.41, 5.74) is 3.42. The van der Waals surface area contributed by atoms with Crippen LogP contribution in [0.1, 0.15) is 22.3 Å². The SMILES string of the molecule is Cc1ccc(C=NCCN=Cc2ccc(C)cc2O)c(O)c1. The van der Waals surface area contributed by atoms with Crippen LogP contribution >= 0.6 is 0 Å². The van der Waals surface area contributed by atoms with E-state index in [1.807, 2.05) is 38.1 Å². The van der Waals surface area contributed by atoms with Gasteiger partial charge < -0.3 is 10.2 Å². The van der Waals surface area contributed by atoms with E-state index in [1.165, 1.54) is 0 Å². The molecule has 0 saturated carbocycles. The Morgan fingerprint density at radius 2 is 1.18 bits per heavy atom. The van der Waals surface area contributed by atoms with Crippen LogP contribution in [-0.2, 0) is 0 Å². The maximum absolute atomic E-state index is 9.75. The summed E-state index contributed by atoms with van der Waals surface area (Å²) < 4.78 is 0. The summed E-state index contributed by atoms with van der Waals surface area (Å²) in [6.07, 6.45) is 3.29. The fourth-order valence-electron chi connectivity index (χ4n) is 1.97. The van der Waals surface area contributed by atoms with Crippen molar-refractivity contribution in [1.82, 2.24) is 0 Å². The number of rotatable bonds is 5. The van der Waals surface area contributed by atoms with Gasteiger partial charge in [0.05, 0.1) is 13.1 Å². The zero-order valence-electron chi connectivity index (χ0n) is 12.8. The summed E-state index contributed by atoms with van der Waals surface area (Å²) in [4.78, 5) is 8.48. The zero-order chi connectivity index (χ0) is 15.9. The molecular weight excluding hydrogens is 276 g/mol. The first kappa shape index (κ1) is 15.8. The van der Waals surface area contributed by atoms with Crippen LogP contribution in [0.2, 0.25) is 0 Å². The number of phenols is 2. The van der Waals surface area contributed by atoms with Crippen molar-refractivity contribution in [3.05, 3.63) is 58.7 Å². The smallest absolute Gasteiger partial charge is 0.124 e. The second-order valence-corrected chi connectivity index (χ2v) is 5.20. The van der Waals surface area contributed by atoms with Crippen LogP contribution in [0.5, 0.6) is 11.5 Å². The molecule has 114 valence electrons. The fraction of sp³-hybridized carbons (Fsp3) is 0.222. The van der Waals surface area contributed by atoms with E-state index in [0.29, 0.717) is 24.2 Å². The quantitative estimate of drug-likeness (QED) is 0.657. The van der Waals surface area contributed by atoms with Gasteiger partial charge in [-0.25, -0.2) is 0 Å². The summed E-state index contributed by atoms with van der Waals surface area (Å²) >= 11 is 0. The number of aliphatic imine (C=N–C) groups is 2. The largest absolute Gasteiger partial charge is 0.507 e. The molecule has 0 aliphatic rings. The molecule has 4 nitrogen and oxygen atoms in total. The number of benzene rings is 2. The maximum atomic E-state index is 9.75. The van der Waals surface area contributed by atoms with Crippen molar-refractivity contribution < 1.29 is 10.2 Å². The lowest BCUT2D eigenvalue weighted by Crippen LogP contribution is -1.91. The average molecular weight is 296 g/mol. The number of aryl methyl sites for hydroxylation is 2. The van der Waals surface area contributed by atoms with Crippen LogP contribution in [0.25, 0.3) is 0 Å². The van der Waals surface area contributed by atoms with Crippen LogP contribution in [0.3, 0.4) is 0 Å². The monoisotopic (exact) mass is 296 g/mol. The Morgan fingerprint density at radius 1 is 0.773 bits per heavy atom. The molecule has 2 aromatic rings. The summed E-state index contributed by atoms with van der Waals surface area (Å²) in [6, 6.07) is 10.9. The van der Waals surface area contributed by atoms with E-state index in [-0.39, 0.29) is 11.5 Å². The normalized spacial score (nSPS) is 11.5. The molecule has 2 rings (SSSR count). The Bertz CT molecular complexity index is 645. The lowest BCUT2D eigenvalue weighted by molar-refractivity contribution is 0.473. The highest BCUT2D eigenvalue weighted by Gasteiger charge is 1.98. The highest BCUT2D eigenvalue weighted by Crippen LogP contribution is 2.17. The predicted octanol–water partition coefficient (Wildman–Crippen LogP) is 3.25. The lowest BCUT2D eigenvalue weighted by Gasteiger charge is -2.00. The van der Waals surface area contributed by atoms with Crippen molar-refractivity contribution in [3.63, 3.8) is 0 Å². The molecule has 0 unspecified atom stereocenters. The number of hydrogen-bond donors (Lipinski definition) is 2. The Morgan fingerprint density at radius 3 is 1.55 bits per heavy atom. The Labute approximate surface area is 130 Å². The molecule has 0 aliphatic heterocycles. The summed E-state index contributed by atoms with van der Waals surface area (Å²) in [6.45, 7) is 4.90. The third kappa shape index (κ3) is 4.45. The van der Waals surface area contributed by atoms with Crippen LogP contribution in [0, 0.1) is 13.8 Å². The van der Waals surface area contributed by atoms with Gasteiger partial charge in [0.1, 0.15) is 11.5 Å². The first-order valence-electron chi connectivity index (χ1n) is 7.15. The fourth-order valence-corrected chi connectivity index (χ4v) is 1.97. The number of nitrogens with zero attached hydrogens (tertiary/aromatic N) is 2. The lowest BCUT2D eigenvalue weighted by atomic mass is 10.1.